The molecule has 6 heteroatoms. The normalized spacial score (nSPS) is 39.1. The van der Waals surface area contributed by atoms with E-state index >= 15 is 0 Å². The smallest absolute Gasteiger partial charge is 0.310 e. The Kier molecular flexibility index (Phi) is 2.87. The van der Waals surface area contributed by atoms with E-state index in [9.17, 15) is 14.7 Å². The summed E-state index contributed by atoms with van der Waals surface area (Å²) in [4.78, 5) is 25.4. The maximum absolute atomic E-state index is 12.4. The summed E-state index contributed by atoms with van der Waals surface area (Å²) in [7, 11) is 1.62. The minimum Gasteiger partial charge on any atom is -0.481 e. The second-order valence-electron chi connectivity index (χ2n) is 5.34. The number of fused-ring (bicyclic) bond motifs is 1. The van der Waals surface area contributed by atoms with E-state index in [4.69, 9.17) is 9.47 Å². The standard InChI is InChI=1S/C13H17NO5/c1-18-6-2-5-14-7-13-4-3-8(19-13)9(12(16)17)10(13)11(14)15/h3-4,8-10H,2,5-7H2,1H3,(H,16,17)/t8-,9+,10-,13-/m0/s1. The Bertz CT molecular complexity index is 448. The minimum absolute atomic E-state index is 0.102. The molecule has 3 rings (SSSR count). The molecule has 104 valence electrons. The van der Waals surface area contributed by atoms with Crippen LogP contribution in [0.15, 0.2) is 12.2 Å². The molecule has 2 bridgehead atoms. The topological polar surface area (TPSA) is 76.1 Å². The third-order valence-corrected chi connectivity index (χ3v) is 4.24. The first-order chi connectivity index (χ1) is 9.09. The number of methoxy groups -OCH3 is 1. The summed E-state index contributed by atoms with van der Waals surface area (Å²) in [6.07, 6.45) is 3.94. The van der Waals surface area contributed by atoms with E-state index in [0.717, 1.165) is 6.42 Å². The van der Waals surface area contributed by atoms with Gasteiger partial charge in [-0.3, -0.25) is 9.59 Å². The number of hydrogen-bond acceptors (Lipinski definition) is 4. The summed E-state index contributed by atoms with van der Waals surface area (Å²) in [6.45, 7) is 1.62. The molecule has 1 amide bonds. The molecule has 0 aromatic rings. The van der Waals surface area contributed by atoms with Gasteiger partial charge in [-0.05, 0) is 6.42 Å². The monoisotopic (exact) mass is 267 g/mol. The summed E-state index contributed by atoms with van der Waals surface area (Å²) in [5, 5.41) is 9.29. The molecule has 1 spiro atoms. The average molecular weight is 267 g/mol. The molecule has 2 fully saturated rings. The van der Waals surface area contributed by atoms with Gasteiger partial charge in [0, 0.05) is 20.3 Å². The first kappa shape index (κ1) is 12.6. The van der Waals surface area contributed by atoms with E-state index in [0.29, 0.717) is 19.7 Å². The molecule has 0 aromatic carbocycles. The highest BCUT2D eigenvalue weighted by Crippen LogP contribution is 2.51. The Morgan fingerprint density at radius 3 is 3.16 bits per heavy atom. The fraction of sp³-hybridized carbons (Fsp3) is 0.692. The Morgan fingerprint density at radius 2 is 2.47 bits per heavy atom. The van der Waals surface area contributed by atoms with Gasteiger partial charge in [-0.15, -0.1) is 0 Å². The van der Waals surface area contributed by atoms with Gasteiger partial charge in [-0.1, -0.05) is 12.2 Å². The Hall–Kier alpha value is -1.40. The van der Waals surface area contributed by atoms with Crippen molar-refractivity contribution < 1.29 is 24.2 Å². The van der Waals surface area contributed by atoms with Gasteiger partial charge in [0.25, 0.3) is 0 Å². The Balaban J connectivity index is 1.79. The molecule has 0 unspecified atom stereocenters. The van der Waals surface area contributed by atoms with Gasteiger partial charge in [-0.25, -0.2) is 0 Å². The van der Waals surface area contributed by atoms with E-state index in [-0.39, 0.29) is 5.91 Å². The third-order valence-electron chi connectivity index (χ3n) is 4.24. The van der Waals surface area contributed by atoms with E-state index < -0.39 is 29.5 Å². The van der Waals surface area contributed by atoms with Gasteiger partial charge in [0.05, 0.1) is 18.6 Å². The van der Waals surface area contributed by atoms with Crippen LogP contribution in [0.3, 0.4) is 0 Å². The predicted molar refractivity (Wildman–Crippen MR) is 64.4 cm³/mol. The lowest BCUT2D eigenvalue weighted by molar-refractivity contribution is -0.148. The SMILES string of the molecule is COCCCN1C[C@]23C=C[C@H](O2)[C@@H](C(=O)O)[C@H]3C1=O. The number of aliphatic carboxylic acids is 1. The van der Waals surface area contributed by atoms with Crippen molar-refractivity contribution in [1.82, 2.24) is 4.90 Å². The number of carboxylic acid groups (broad SMARTS) is 1. The lowest BCUT2D eigenvalue weighted by atomic mass is 9.77. The number of carbonyl (C=O) groups is 2. The van der Waals surface area contributed by atoms with Crippen molar-refractivity contribution in [3.63, 3.8) is 0 Å². The molecule has 3 heterocycles. The molecule has 3 aliphatic heterocycles. The Labute approximate surface area is 111 Å². The zero-order chi connectivity index (χ0) is 13.6. The van der Waals surface area contributed by atoms with Crippen molar-refractivity contribution in [3.8, 4) is 0 Å². The molecule has 19 heavy (non-hydrogen) atoms. The van der Waals surface area contributed by atoms with Crippen LogP contribution in [0.5, 0.6) is 0 Å². The number of nitrogens with zero attached hydrogens (tertiary/aromatic N) is 1. The van der Waals surface area contributed by atoms with Crippen LogP contribution in [0, 0.1) is 11.8 Å². The van der Waals surface area contributed by atoms with Crippen molar-refractivity contribution >= 4 is 11.9 Å². The van der Waals surface area contributed by atoms with Crippen LogP contribution in [-0.2, 0) is 19.1 Å². The van der Waals surface area contributed by atoms with Crippen molar-refractivity contribution in [3.05, 3.63) is 12.2 Å². The molecule has 4 atom stereocenters. The molecular formula is C13H17NO5. The van der Waals surface area contributed by atoms with Crippen LogP contribution in [0.25, 0.3) is 0 Å². The second-order valence-corrected chi connectivity index (χ2v) is 5.34. The van der Waals surface area contributed by atoms with Crippen LogP contribution in [0.2, 0.25) is 0 Å². The molecule has 0 aliphatic carbocycles. The summed E-state index contributed by atoms with van der Waals surface area (Å²) in [6, 6.07) is 0. The van der Waals surface area contributed by atoms with E-state index in [1.807, 2.05) is 6.08 Å². The first-order valence-electron chi connectivity index (χ1n) is 6.47. The number of amides is 1. The van der Waals surface area contributed by atoms with Gasteiger partial charge in [0.2, 0.25) is 5.91 Å². The van der Waals surface area contributed by atoms with Crippen molar-refractivity contribution in [2.45, 2.75) is 18.1 Å². The molecular weight excluding hydrogens is 250 g/mol. The second kappa shape index (κ2) is 4.31. The first-order valence-corrected chi connectivity index (χ1v) is 6.47. The third kappa shape index (κ3) is 1.70. The highest BCUT2D eigenvalue weighted by molar-refractivity contribution is 5.90. The largest absolute Gasteiger partial charge is 0.481 e. The zero-order valence-corrected chi connectivity index (χ0v) is 10.7. The van der Waals surface area contributed by atoms with Gasteiger partial charge < -0.3 is 19.5 Å². The van der Waals surface area contributed by atoms with Crippen molar-refractivity contribution in [1.29, 1.82) is 0 Å². The number of carbonyl (C=O) groups excluding carboxylic acids is 1. The fourth-order valence-corrected chi connectivity index (χ4v) is 3.45. The van der Waals surface area contributed by atoms with Crippen molar-refractivity contribution in [2.24, 2.45) is 11.8 Å². The van der Waals surface area contributed by atoms with E-state index in [2.05, 4.69) is 0 Å². The predicted octanol–water partition coefficient (Wildman–Crippen LogP) is -0.111. The summed E-state index contributed by atoms with van der Waals surface area (Å²) in [5.41, 5.74) is -0.710. The maximum atomic E-state index is 12.4. The van der Waals surface area contributed by atoms with Crippen LogP contribution >= 0.6 is 0 Å². The average Bonchev–Trinajstić information content (AvgIpc) is 2.99. The van der Waals surface area contributed by atoms with Gasteiger partial charge >= 0.3 is 5.97 Å². The lowest BCUT2D eigenvalue weighted by Crippen LogP contribution is -2.39. The number of likely N-dealkylation sites (tertiary alicyclic amines) is 1. The summed E-state index contributed by atoms with van der Waals surface area (Å²) in [5.74, 6) is -2.36. The number of ether oxygens (including phenoxy) is 2. The summed E-state index contributed by atoms with van der Waals surface area (Å²) < 4.78 is 10.8. The quantitative estimate of drug-likeness (QED) is 0.555. The lowest BCUT2D eigenvalue weighted by Gasteiger charge is -2.21. The highest BCUT2D eigenvalue weighted by Gasteiger charge is 2.66. The van der Waals surface area contributed by atoms with Gasteiger partial charge in [0.1, 0.15) is 11.5 Å². The van der Waals surface area contributed by atoms with E-state index in [1.165, 1.54) is 0 Å². The summed E-state index contributed by atoms with van der Waals surface area (Å²) >= 11 is 0. The molecule has 6 nitrogen and oxygen atoms in total. The van der Waals surface area contributed by atoms with Gasteiger partial charge in [0.15, 0.2) is 0 Å². The van der Waals surface area contributed by atoms with Crippen LogP contribution < -0.4 is 0 Å². The van der Waals surface area contributed by atoms with Crippen LogP contribution in [-0.4, -0.2) is 60.4 Å². The zero-order valence-electron chi connectivity index (χ0n) is 10.7. The molecule has 1 N–H and O–H groups in total. The minimum atomic E-state index is -0.951. The molecule has 0 aromatic heterocycles. The molecule has 0 radical (unpaired) electrons. The molecule has 0 saturated carbocycles. The maximum Gasteiger partial charge on any atom is 0.310 e. The van der Waals surface area contributed by atoms with Gasteiger partial charge in [-0.2, -0.15) is 0 Å². The Morgan fingerprint density at radius 1 is 1.68 bits per heavy atom. The number of carboxylic acids is 1. The molecule has 2 saturated heterocycles. The highest BCUT2D eigenvalue weighted by atomic mass is 16.5. The molecule has 3 aliphatic rings. The fourth-order valence-electron chi connectivity index (χ4n) is 3.45. The van der Waals surface area contributed by atoms with Crippen LogP contribution in [0.4, 0.5) is 0 Å². The number of rotatable bonds is 5. The van der Waals surface area contributed by atoms with Crippen molar-refractivity contribution in [2.75, 3.05) is 26.8 Å². The number of hydrogen-bond donors (Lipinski definition) is 1. The van der Waals surface area contributed by atoms with Crippen LogP contribution in [0.1, 0.15) is 6.42 Å². The van der Waals surface area contributed by atoms with E-state index in [1.54, 1.807) is 18.1 Å².